The van der Waals surface area contributed by atoms with Crippen LogP contribution in [0.1, 0.15) is 0 Å². The van der Waals surface area contributed by atoms with Crippen molar-refractivity contribution >= 4 is 11.1 Å². The molecule has 0 N–H and O–H groups in total. The van der Waals surface area contributed by atoms with E-state index in [0.29, 0.717) is 0 Å². The van der Waals surface area contributed by atoms with Crippen LogP contribution in [-0.4, -0.2) is 13.7 Å². The zero-order chi connectivity index (χ0) is 7.56. The third kappa shape index (κ3) is 2.96. The summed E-state index contributed by atoms with van der Waals surface area (Å²) in [4.78, 5) is 3.29. The van der Waals surface area contributed by atoms with Gasteiger partial charge in [0.25, 0.3) is 0 Å². The molecule has 0 spiro atoms. The summed E-state index contributed by atoms with van der Waals surface area (Å²) >= 11 is -2.58. The molecule has 0 radical (unpaired) electrons. The maximum Gasteiger partial charge on any atom is 1.00 e. The summed E-state index contributed by atoms with van der Waals surface area (Å²) in [5, 5.41) is -0.539. The molecule has 1 rings (SSSR count). The van der Waals surface area contributed by atoms with Gasteiger partial charge >= 0.3 is 29.6 Å². The van der Waals surface area contributed by atoms with Gasteiger partial charge in [-0.1, -0.05) is 0 Å². The van der Waals surface area contributed by atoms with Crippen molar-refractivity contribution in [3.63, 3.8) is 0 Å². The molecule has 0 saturated carbocycles. The average molecular weight is 183 g/mol. The Balaban J connectivity index is 0.000001000. The summed E-state index contributed by atoms with van der Waals surface area (Å²) in [6, 6.07) is 2.36. The smallest absolute Gasteiger partial charge is 0.767 e. The van der Waals surface area contributed by atoms with E-state index in [0.717, 1.165) is 6.07 Å². The normalized spacial score (nSPS) is 11.8. The van der Waals surface area contributed by atoms with Crippen molar-refractivity contribution in [2.45, 2.75) is 5.03 Å². The first-order valence-corrected chi connectivity index (χ1v) is 3.49. The summed E-state index contributed by atoms with van der Waals surface area (Å²) < 4.78 is 32.6. The van der Waals surface area contributed by atoms with Gasteiger partial charge in [0.15, 0.2) is 5.82 Å². The Morgan fingerprint density at radius 3 is 2.64 bits per heavy atom. The van der Waals surface area contributed by atoms with E-state index in [1.165, 1.54) is 12.3 Å². The van der Waals surface area contributed by atoms with E-state index in [1.54, 1.807) is 0 Å². The van der Waals surface area contributed by atoms with Crippen LogP contribution in [0, 0.1) is 5.82 Å². The Hall–Kier alpha value is 0.190. The first-order valence-electron chi connectivity index (χ1n) is 2.41. The van der Waals surface area contributed by atoms with Gasteiger partial charge in [-0.15, -0.1) is 0 Å². The van der Waals surface area contributed by atoms with Crippen LogP contribution in [0.4, 0.5) is 4.39 Å². The van der Waals surface area contributed by atoms with E-state index in [1.807, 2.05) is 0 Å². The maximum atomic E-state index is 12.4. The molecule has 11 heavy (non-hydrogen) atoms. The quantitative estimate of drug-likeness (QED) is 0.356. The van der Waals surface area contributed by atoms with Gasteiger partial charge < -0.3 is 4.55 Å². The Morgan fingerprint density at radius 2 is 2.27 bits per heavy atom. The molecule has 6 heteroatoms. The summed E-state index contributed by atoms with van der Waals surface area (Å²) in [7, 11) is 0. The van der Waals surface area contributed by atoms with Crippen LogP contribution in [0.2, 0.25) is 0 Å². The first kappa shape index (κ1) is 11.2. The van der Waals surface area contributed by atoms with Crippen LogP contribution in [0.25, 0.3) is 0 Å². The van der Waals surface area contributed by atoms with Crippen molar-refractivity contribution in [3.8, 4) is 0 Å². The molecule has 0 aliphatic carbocycles. The number of rotatable bonds is 1. The van der Waals surface area contributed by atoms with E-state index in [4.69, 9.17) is 0 Å². The number of nitrogens with zero attached hydrogens (tertiary/aromatic N) is 1. The van der Waals surface area contributed by atoms with E-state index >= 15 is 0 Å². The second kappa shape index (κ2) is 4.95. The molecule has 54 valence electrons. The van der Waals surface area contributed by atoms with Crippen LogP contribution in [0.15, 0.2) is 23.4 Å². The third-order valence-electron chi connectivity index (χ3n) is 0.883. The van der Waals surface area contributed by atoms with Crippen molar-refractivity contribution in [1.29, 1.82) is 0 Å². The van der Waals surface area contributed by atoms with Gasteiger partial charge in [-0.25, -0.2) is 9.37 Å². The van der Waals surface area contributed by atoms with Gasteiger partial charge in [-0.05, 0) is 12.1 Å². The molecule has 1 aromatic heterocycles. The molecular formula is C5H3FNNaO2S. The number of halogens is 1. The van der Waals surface area contributed by atoms with Gasteiger partial charge in [0.05, 0.1) is 0 Å². The van der Waals surface area contributed by atoms with Crippen molar-refractivity contribution in [2.75, 3.05) is 0 Å². The van der Waals surface area contributed by atoms with E-state index in [-0.39, 0.29) is 29.6 Å². The fraction of sp³-hybridized carbons (Fsp3) is 0. The topological polar surface area (TPSA) is 53.0 Å². The molecule has 0 aromatic carbocycles. The van der Waals surface area contributed by atoms with Gasteiger partial charge in [0, 0.05) is 17.3 Å². The molecule has 0 aliphatic rings. The van der Waals surface area contributed by atoms with Crippen molar-refractivity contribution in [2.24, 2.45) is 0 Å². The van der Waals surface area contributed by atoms with E-state index < -0.39 is 21.9 Å². The number of hydrogen-bond donors (Lipinski definition) is 0. The number of hydrogen-bond acceptors (Lipinski definition) is 3. The Labute approximate surface area is 87.6 Å². The monoisotopic (exact) mass is 183 g/mol. The first-order chi connectivity index (χ1) is 4.72. The van der Waals surface area contributed by atoms with Crippen molar-refractivity contribution in [3.05, 3.63) is 24.1 Å². The van der Waals surface area contributed by atoms with Crippen molar-refractivity contribution < 1.29 is 42.7 Å². The largest absolute Gasteiger partial charge is 1.00 e. The van der Waals surface area contributed by atoms with Crippen LogP contribution in [0.5, 0.6) is 0 Å². The van der Waals surface area contributed by atoms with Gasteiger partial charge in [-0.2, -0.15) is 0 Å². The minimum atomic E-state index is -2.58. The number of pyridine rings is 1. The van der Waals surface area contributed by atoms with Crippen LogP contribution >= 0.6 is 0 Å². The fourth-order valence-corrected chi connectivity index (χ4v) is 0.868. The molecule has 1 unspecified atom stereocenters. The van der Waals surface area contributed by atoms with Gasteiger partial charge in [0.2, 0.25) is 0 Å². The molecular weight excluding hydrogens is 180 g/mol. The minimum Gasteiger partial charge on any atom is -0.767 e. The fourth-order valence-electron chi connectivity index (χ4n) is 0.494. The second-order valence-corrected chi connectivity index (χ2v) is 2.38. The molecule has 0 aliphatic heterocycles. The molecule has 1 atom stereocenters. The summed E-state index contributed by atoms with van der Waals surface area (Å²) in [5.74, 6) is -0.823. The van der Waals surface area contributed by atoms with Crippen LogP contribution in [-0.2, 0) is 11.1 Å². The molecule has 0 amide bonds. The molecule has 0 fully saturated rings. The SMILES string of the molecule is O=S([O-])c1ncccc1F.[Na+]. The zero-order valence-corrected chi connectivity index (χ0v) is 8.60. The van der Waals surface area contributed by atoms with Crippen LogP contribution in [0.3, 0.4) is 0 Å². The maximum absolute atomic E-state index is 12.4. The molecule has 0 bridgehead atoms. The molecule has 1 aromatic rings. The number of aromatic nitrogens is 1. The van der Waals surface area contributed by atoms with E-state index in [9.17, 15) is 13.2 Å². The Bertz CT molecular complexity index is 270. The Kier molecular flexibility index (Phi) is 5.03. The molecule has 1 heterocycles. The predicted molar refractivity (Wildman–Crippen MR) is 31.4 cm³/mol. The zero-order valence-electron chi connectivity index (χ0n) is 5.78. The second-order valence-electron chi connectivity index (χ2n) is 1.53. The summed E-state index contributed by atoms with van der Waals surface area (Å²) in [6.07, 6.45) is 1.22. The van der Waals surface area contributed by atoms with E-state index in [2.05, 4.69) is 4.98 Å². The summed E-state index contributed by atoms with van der Waals surface area (Å²) in [6.45, 7) is 0. The third-order valence-corrected chi connectivity index (χ3v) is 1.50. The summed E-state index contributed by atoms with van der Waals surface area (Å²) in [5.41, 5.74) is 0. The minimum absolute atomic E-state index is 0. The molecule has 3 nitrogen and oxygen atoms in total. The van der Waals surface area contributed by atoms with Gasteiger partial charge in [-0.3, -0.25) is 4.21 Å². The average Bonchev–Trinajstić information content (AvgIpc) is 1.88. The molecule has 0 saturated heterocycles. The van der Waals surface area contributed by atoms with Gasteiger partial charge in [0.1, 0.15) is 5.03 Å². The standard InChI is InChI=1S/C5H4FNO2S.Na/c6-4-2-1-3-7-5(4)10(8)9;/h1-3H,(H,8,9);/q;+1/p-1. The Morgan fingerprint density at radius 1 is 1.64 bits per heavy atom. The van der Waals surface area contributed by atoms with Crippen LogP contribution < -0.4 is 29.6 Å². The predicted octanol–water partition coefficient (Wildman–Crippen LogP) is -2.54. The van der Waals surface area contributed by atoms with Crippen molar-refractivity contribution in [1.82, 2.24) is 4.98 Å².